The van der Waals surface area contributed by atoms with Crippen LogP contribution in [-0.2, 0) is 9.47 Å². The van der Waals surface area contributed by atoms with E-state index in [-0.39, 0.29) is 6.10 Å². The monoisotopic (exact) mass is 276 g/mol. The van der Waals surface area contributed by atoms with Crippen molar-refractivity contribution in [3.8, 4) is 0 Å². The SMILES string of the molecule is CCCCCCC(O)COCOCC[Si](C)(C)C. The van der Waals surface area contributed by atoms with E-state index in [0.717, 1.165) is 25.5 Å². The molecule has 0 fully saturated rings. The molecular weight excluding hydrogens is 244 g/mol. The van der Waals surface area contributed by atoms with Crippen molar-refractivity contribution in [1.29, 1.82) is 0 Å². The first-order valence-electron chi connectivity index (χ1n) is 7.29. The van der Waals surface area contributed by atoms with Gasteiger partial charge < -0.3 is 14.6 Å². The molecule has 0 aliphatic carbocycles. The molecule has 0 aliphatic heterocycles. The van der Waals surface area contributed by atoms with E-state index < -0.39 is 8.07 Å². The molecule has 0 saturated heterocycles. The van der Waals surface area contributed by atoms with Gasteiger partial charge in [0.1, 0.15) is 6.79 Å². The van der Waals surface area contributed by atoms with Gasteiger partial charge in [-0.3, -0.25) is 0 Å². The third kappa shape index (κ3) is 14.2. The molecular formula is C14H32O3Si. The molecule has 0 saturated carbocycles. The zero-order valence-electron chi connectivity index (χ0n) is 12.7. The molecule has 4 heteroatoms. The second-order valence-electron chi connectivity index (χ2n) is 6.21. The van der Waals surface area contributed by atoms with E-state index in [4.69, 9.17) is 9.47 Å². The van der Waals surface area contributed by atoms with Gasteiger partial charge in [-0.05, 0) is 12.5 Å². The third-order valence-corrected chi connectivity index (χ3v) is 4.57. The molecule has 1 atom stereocenters. The van der Waals surface area contributed by atoms with Crippen LogP contribution in [0.15, 0.2) is 0 Å². The highest BCUT2D eigenvalue weighted by molar-refractivity contribution is 6.76. The Bertz CT molecular complexity index is 180. The zero-order valence-corrected chi connectivity index (χ0v) is 13.7. The van der Waals surface area contributed by atoms with Crippen LogP contribution in [-0.4, -0.2) is 39.3 Å². The van der Waals surface area contributed by atoms with Gasteiger partial charge in [-0.2, -0.15) is 0 Å². The third-order valence-electron chi connectivity index (χ3n) is 2.86. The first kappa shape index (κ1) is 18.1. The number of hydrogen-bond acceptors (Lipinski definition) is 3. The van der Waals surface area contributed by atoms with Gasteiger partial charge in [-0.15, -0.1) is 0 Å². The van der Waals surface area contributed by atoms with Crippen LogP contribution >= 0.6 is 0 Å². The molecule has 0 rings (SSSR count). The summed E-state index contributed by atoms with van der Waals surface area (Å²) in [6.45, 7) is 10.7. The highest BCUT2D eigenvalue weighted by Gasteiger charge is 2.12. The molecule has 0 aromatic heterocycles. The number of aliphatic hydroxyl groups excluding tert-OH is 1. The summed E-state index contributed by atoms with van der Waals surface area (Å²) in [6, 6.07) is 1.16. The Morgan fingerprint density at radius 1 is 1.06 bits per heavy atom. The Morgan fingerprint density at radius 2 is 1.78 bits per heavy atom. The molecule has 0 radical (unpaired) electrons. The fourth-order valence-corrected chi connectivity index (χ4v) is 2.33. The maximum absolute atomic E-state index is 9.66. The molecule has 0 aromatic rings. The lowest BCUT2D eigenvalue weighted by molar-refractivity contribution is -0.0767. The van der Waals surface area contributed by atoms with E-state index in [1.807, 2.05) is 0 Å². The first-order chi connectivity index (χ1) is 8.45. The molecule has 3 nitrogen and oxygen atoms in total. The molecule has 0 spiro atoms. The topological polar surface area (TPSA) is 38.7 Å². The van der Waals surface area contributed by atoms with Crippen molar-refractivity contribution >= 4 is 8.07 Å². The Kier molecular flexibility index (Phi) is 11.0. The standard InChI is InChI=1S/C14H32O3Si/c1-5-6-7-8-9-14(15)12-17-13-16-10-11-18(2,3)4/h14-15H,5-13H2,1-4H3. The van der Waals surface area contributed by atoms with Gasteiger partial charge in [0.15, 0.2) is 0 Å². The second-order valence-corrected chi connectivity index (χ2v) is 11.8. The fourth-order valence-electron chi connectivity index (χ4n) is 1.57. The minimum atomic E-state index is -0.995. The van der Waals surface area contributed by atoms with Crippen LogP contribution in [0.3, 0.4) is 0 Å². The Balaban J connectivity index is 3.22. The predicted octanol–water partition coefficient (Wildman–Crippen LogP) is 3.65. The van der Waals surface area contributed by atoms with E-state index in [1.165, 1.54) is 19.3 Å². The van der Waals surface area contributed by atoms with Crippen molar-refractivity contribution in [1.82, 2.24) is 0 Å². The number of hydrogen-bond donors (Lipinski definition) is 1. The van der Waals surface area contributed by atoms with Crippen molar-refractivity contribution in [2.75, 3.05) is 20.0 Å². The molecule has 0 aromatic carbocycles. The minimum absolute atomic E-state index is 0.316. The fraction of sp³-hybridized carbons (Fsp3) is 1.00. The summed E-state index contributed by atoms with van der Waals surface area (Å²) < 4.78 is 10.7. The van der Waals surface area contributed by atoms with Crippen LogP contribution in [0.5, 0.6) is 0 Å². The average molecular weight is 276 g/mol. The van der Waals surface area contributed by atoms with Crippen LogP contribution in [0, 0.1) is 0 Å². The quantitative estimate of drug-likeness (QED) is 0.336. The smallest absolute Gasteiger partial charge is 0.146 e. The molecule has 110 valence electrons. The Morgan fingerprint density at radius 3 is 2.39 bits per heavy atom. The number of ether oxygens (including phenoxy) is 2. The van der Waals surface area contributed by atoms with Crippen LogP contribution in [0.2, 0.25) is 25.7 Å². The Hall–Kier alpha value is 0.0969. The summed E-state index contributed by atoms with van der Waals surface area (Å²) in [5, 5.41) is 9.66. The van der Waals surface area contributed by atoms with E-state index in [2.05, 4.69) is 26.6 Å². The van der Waals surface area contributed by atoms with Gasteiger partial charge in [0.2, 0.25) is 0 Å². The van der Waals surface area contributed by atoms with Gasteiger partial charge in [0, 0.05) is 14.7 Å². The summed E-state index contributed by atoms with van der Waals surface area (Å²) in [6.07, 6.45) is 5.30. The van der Waals surface area contributed by atoms with E-state index in [9.17, 15) is 5.11 Å². The van der Waals surface area contributed by atoms with Crippen molar-refractivity contribution in [2.45, 2.75) is 70.8 Å². The molecule has 18 heavy (non-hydrogen) atoms. The van der Waals surface area contributed by atoms with Crippen molar-refractivity contribution in [2.24, 2.45) is 0 Å². The summed E-state index contributed by atoms with van der Waals surface area (Å²) in [5.74, 6) is 0. The van der Waals surface area contributed by atoms with Crippen molar-refractivity contribution < 1.29 is 14.6 Å². The molecule has 1 N–H and O–H groups in total. The van der Waals surface area contributed by atoms with Gasteiger partial charge in [0.25, 0.3) is 0 Å². The van der Waals surface area contributed by atoms with Crippen LogP contribution in [0.25, 0.3) is 0 Å². The number of unbranched alkanes of at least 4 members (excludes halogenated alkanes) is 3. The van der Waals surface area contributed by atoms with Crippen molar-refractivity contribution in [3.63, 3.8) is 0 Å². The van der Waals surface area contributed by atoms with Gasteiger partial charge in [0.05, 0.1) is 12.7 Å². The second kappa shape index (κ2) is 11.0. The highest BCUT2D eigenvalue weighted by Crippen LogP contribution is 2.08. The molecule has 0 heterocycles. The largest absolute Gasteiger partial charge is 0.391 e. The summed E-state index contributed by atoms with van der Waals surface area (Å²) in [4.78, 5) is 0. The van der Waals surface area contributed by atoms with Crippen LogP contribution < -0.4 is 0 Å². The zero-order chi connectivity index (χ0) is 13.9. The van der Waals surface area contributed by atoms with E-state index in [1.54, 1.807) is 0 Å². The number of rotatable bonds is 12. The maximum Gasteiger partial charge on any atom is 0.146 e. The lowest BCUT2D eigenvalue weighted by Crippen LogP contribution is -2.22. The normalized spacial score (nSPS) is 13.8. The average Bonchev–Trinajstić information content (AvgIpc) is 2.28. The lowest BCUT2D eigenvalue weighted by atomic mass is 10.1. The molecule has 0 aliphatic rings. The maximum atomic E-state index is 9.66. The highest BCUT2D eigenvalue weighted by atomic mass is 28.3. The van der Waals surface area contributed by atoms with Gasteiger partial charge >= 0.3 is 0 Å². The summed E-state index contributed by atoms with van der Waals surface area (Å²) in [5.41, 5.74) is 0. The lowest BCUT2D eigenvalue weighted by Gasteiger charge is -2.16. The molecule has 0 bridgehead atoms. The molecule has 0 amide bonds. The molecule has 1 unspecified atom stereocenters. The van der Waals surface area contributed by atoms with E-state index in [0.29, 0.717) is 13.4 Å². The Labute approximate surface area is 114 Å². The van der Waals surface area contributed by atoms with Crippen LogP contribution in [0.4, 0.5) is 0 Å². The van der Waals surface area contributed by atoms with Gasteiger partial charge in [-0.1, -0.05) is 52.2 Å². The van der Waals surface area contributed by atoms with Crippen LogP contribution in [0.1, 0.15) is 39.0 Å². The van der Waals surface area contributed by atoms with E-state index >= 15 is 0 Å². The summed E-state index contributed by atoms with van der Waals surface area (Å²) >= 11 is 0. The van der Waals surface area contributed by atoms with Gasteiger partial charge in [-0.25, -0.2) is 0 Å². The predicted molar refractivity (Wildman–Crippen MR) is 79.7 cm³/mol. The first-order valence-corrected chi connectivity index (χ1v) is 11.0. The summed E-state index contributed by atoms with van der Waals surface area (Å²) in [7, 11) is -0.995. The van der Waals surface area contributed by atoms with Crippen molar-refractivity contribution in [3.05, 3.63) is 0 Å². The number of aliphatic hydroxyl groups is 1. The minimum Gasteiger partial charge on any atom is -0.391 e.